The minimum atomic E-state index is 0.633. The molecule has 2 rings (SSSR count). The van der Waals surface area contributed by atoms with E-state index in [2.05, 4.69) is 25.5 Å². The molecule has 72 valence electrons. The molecule has 2 aromatic heterocycles. The zero-order chi connectivity index (χ0) is 9.80. The van der Waals surface area contributed by atoms with Crippen molar-refractivity contribution in [2.24, 2.45) is 0 Å². The van der Waals surface area contributed by atoms with Gasteiger partial charge in [-0.05, 0) is 13.0 Å². The van der Waals surface area contributed by atoms with Gasteiger partial charge in [-0.25, -0.2) is 9.97 Å². The second kappa shape index (κ2) is 3.87. The van der Waals surface area contributed by atoms with Crippen LogP contribution in [0, 0.1) is 6.92 Å². The molecule has 0 bridgehead atoms. The fourth-order valence-electron chi connectivity index (χ4n) is 1.12. The van der Waals surface area contributed by atoms with Gasteiger partial charge in [0.2, 0.25) is 5.95 Å². The quantitative estimate of drug-likeness (QED) is 0.759. The number of nitrogens with one attached hydrogen (secondary N) is 2. The molecular weight excluding hydrogens is 178 g/mol. The van der Waals surface area contributed by atoms with Gasteiger partial charge in [-0.1, -0.05) is 0 Å². The van der Waals surface area contributed by atoms with Crippen molar-refractivity contribution in [1.82, 2.24) is 20.2 Å². The van der Waals surface area contributed by atoms with E-state index in [1.165, 1.54) is 0 Å². The summed E-state index contributed by atoms with van der Waals surface area (Å²) in [5.41, 5.74) is 2.19. The lowest BCUT2D eigenvalue weighted by atomic mass is 10.3. The molecule has 0 saturated carbocycles. The van der Waals surface area contributed by atoms with Crippen LogP contribution in [0.5, 0.6) is 0 Å². The summed E-state index contributed by atoms with van der Waals surface area (Å²) in [6.45, 7) is 2.67. The molecule has 2 heterocycles. The van der Waals surface area contributed by atoms with Gasteiger partial charge in [-0.15, -0.1) is 0 Å². The first-order valence-electron chi connectivity index (χ1n) is 4.36. The molecule has 0 aliphatic rings. The zero-order valence-corrected chi connectivity index (χ0v) is 7.86. The first-order chi connectivity index (χ1) is 6.86. The number of H-pyrrole nitrogens is 1. The summed E-state index contributed by atoms with van der Waals surface area (Å²) in [5.74, 6) is 0.633. The maximum absolute atomic E-state index is 4.06. The van der Waals surface area contributed by atoms with Gasteiger partial charge in [0, 0.05) is 30.2 Å². The van der Waals surface area contributed by atoms with Crippen LogP contribution in [0.1, 0.15) is 11.3 Å². The van der Waals surface area contributed by atoms with E-state index >= 15 is 0 Å². The van der Waals surface area contributed by atoms with E-state index in [4.69, 9.17) is 0 Å². The predicted octanol–water partition coefficient (Wildman–Crippen LogP) is 1.12. The van der Waals surface area contributed by atoms with Gasteiger partial charge in [-0.3, -0.25) is 5.10 Å². The van der Waals surface area contributed by atoms with Crippen LogP contribution in [0.4, 0.5) is 5.95 Å². The number of aromatic nitrogens is 4. The lowest BCUT2D eigenvalue weighted by Gasteiger charge is -2.02. The lowest BCUT2D eigenvalue weighted by Crippen LogP contribution is -2.02. The van der Waals surface area contributed by atoms with Gasteiger partial charge >= 0.3 is 0 Å². The summed E-state index contributed by atoms with van der Waals surface area (Å²) < 4.78 is 0. The van der Waals surface area contributed by atoms with Gasteiger partial charge in [0.25, 0.3) is 0 Å². The minimum absolute atomic E-state index is 0.633. The molecule has 0 fully saturated rings. The Morgan fingerprint density at radius 2 is 2.14 bits per heavy atom. The normalized spacial score (nSPS) is 10.1. The average molecular weight is 189 g/mol. The largest absolute Gasteiger partial charge is 0.350 e. The molecule has 5 nitrogen and oxygen atoms in total. The standard InChI is InChI=1S/C9H11N5/c1-7-8(6-13-14-7)5-12-9-10-3-2-4-11-9/h2-4,6H,5H2,1H3,(H,13,14)(H,10,11,12). The van der Waals surface area contributed by atoms with Crippen molar-refractivity contribution in [3.63, 3.8) is 0 Å². The minimum Gasteiger partial charge on any atom is -0.350 e. The summed E-state index contributed by atoms with van der Waals surface area (Å²) in [6.07, 6.45) is 5.21. The molecule has 0 atom stereocenters. The molecule has 0 spiro atoms. The number of aromatic amines is 1. The Hall–Kier alpha value is -1.91. The summed E-state index contributed by atoms with van der Waals surface area (Å²) >= 11 is 0. The number of aryl methyl sites for hydroxylation is 1. The van der Waals surface area contributed by atoms with Crippen LogP contribution in [-0.2, 0) is 6.54 Å². The zero-order valence-electron chi connectivity index (χ0n) is 7.86. The van der Waals surface area contributed by atoms with Crippen molar-refractivity contribution >= 4 is 5.95 Å². The Labute approximate surface area is 81.6 Å². The van der Waals surface area contributed by atoms with Crippen LogP contribution in [0.25, 0.3) is 0 Å². The second-order valence-corrected chi connectivity index (χ2v) is 2.95. The van der Waals surface area contributed by atoms with Gasteiger partial charge in [-0.2, -0.15) is 5.10 Å². The van der Waals surface area contributed by atoms with Gasteiger partial charge in [0.05, 0.1) is 6.20 Å². The smallest absolute Gasteiger partial charge is 0.222 e. The number of hydrogen-bond acceptors (Lipinski definition) is 4. The highest BCUT2D eigenvalue weighted by Crippen LogP contribution is 2.04. The Bertz CT molecular complexity index is 395. The maximum atomic E-state index is 4.06. The molecule has 0 aliphatic heterocycles. The molecule has 2 aromatic rings. The van der Waals surface area contributed by atoms with Crippen LogP contribution in [0.15, 0.2) is 24.7 Å². The van der Waals surface area contributed by atoms with E-state index in [1.54, 1.807) is 24.7 Å². The van der Waals surface area contributed by atoms with E-state index in [0.29, 0.717) is 12.5 Å². The highest BCUT2D eigenvalue weighted by molar-refractivity contribution is 5.26. The molecule has 0 aromatic carbocycles. The molecule has 2 N–H and O–H groups in total. The van der Waals surface area contributed by atoms with E-state index < -0.39 is 0 Å². The third-order valence-corrected chi connectivity index (χ3v) is 1.94. The monoisotopic (exact) mass is 189 g/mol. The first-order valence-corrected chi connectivity index (χ1v) is 4.36. The van der Waals surface area contributed by atoms with E-state index in [9.17, 15) is 0 Å². The molecule has 14 heavy (non-hydrogen) atoms. The fraction of sp³-hybridized carbons (Fsp3) is 0.222. The third-order valence-electron chi connectivity index (χ3n) is 1.94. The number of hydrogen-bond donors (Lipinski definition) is 2. The van der Waals surface area contributed by atoms with Crippen LogP contribution >= 0.6 is 0 Å². The predicted molar refractivity (Wildman–Crippen MR) is 52.7 cm³/mol. The summed E-state index contributed by atoms with van der Waals surface area (Å²) in [4.78, 5) is 8.11. The van der Waals surface area contributed by atoms with Gasteiger partial charge in [0.1, 0.15) is 0 Å². The van der Waals surface area contributed by atoms with Crippen LogP contribution in [0.3, 0.4) is 0 Å². The Balaban J connectivity index is 1.99. The van der Waals surface area contributed by atoms with Crippen molar-refractivity contribution in [2.75, 3.05) is 5.32 Å². The summed E-state index contributed by atoms with van der Waals surface area (Å²) in [6, 6.07) is 1.79. The van der Waals surface area contributed by atoms with Crippen molar-refractivity contribution in [3.8, 4) is 0 Å². The van der Waals surface area contributed by atoms with Crippen molar-refractivity contribution in [1.29, 1.82) is 0 Å². The third kappa shape index (κ3) is 1.87. The lowest BCUT2D eigenvalue weighted by molar-refractivity contribution is 1.03. The number of anilines is 1. The van der Waals surface area contributed by atoms with E-state index in [0.717, 1.165) is 11.3 Å². The molecule has 5 heteroatoms. The second-order valence-electron chi connectivity index (χ2n) is 2.95. The highest BCUT2D eigenvalue weighted by Gasteiger charge is 2.00. The SMILES string of the molecule is Cc1[nH]ncc1CNc1ncccn1. The molecule has 0 aliphatic carbocycles. The Morgan fingerprint density at radius 3 is 2.79 bits per heavy atom. The average Bonchev–Trinajstić information content (AvgIpc) is 2.63. The maximum Gasteiger partial charge on any atom is 0.222 e. The summed E-state index contributed by atoms with van der Waals surface area (Å²) in [5, 5.41) is 9.91. The number of nitrogens with zero attached hydrogens (tertiary/aromatic N) is 3. The highest BCUT2D eigenvalue weighted by atomic mass is 15.1. The molecule has 0 amide bonds. The van der Waals surface area contributed by atoms with Crippen LogP contribution in [0.2, 0.25) is 0 Å². The Morgan fingerprint density at radius 1 is 1.36 bits per heavy atom. The molecule has 0 radical (unpaired) electrons. The van der Waals surface area contributed by atoms with Crippen molar-refractivity contribution in [2.45, 2.75) is 13.5 Å². The Kier molecular flexibility index (Phi) is 2.40. The number of rotatable bonds is 3. The summed E-state index contributed by atoms with van der Waals surface area (Å²) in [7, 11) is 0. The van der Waals surface area contributed by atoms with Gasteiger partial charge < -0.3 is 5.32 Å². The molecular formula is C9H11N5. The van der Waals surface area contributed by atoms with E-state index in [-0.39, 0.29) is 0 Å². The van der Waals surface area contributed by atoms with Crippen molar-refractivity contribution < 1.29 is 0 Å². The molecule has 0 saturated heterocycles. The fourth-order valence-corrected chi connectivity index (χ4v) is 1.12. The van der Waals surface area contributed by atoms with E-state index in [1.807, 2.05) is 6.92 Å². The van der Waals surface area contributed by atoms with Crippen molar-refractivity contribution in [3.05, 3.63) is 35.9 Å². The van der Waals surface area contributed by atoms with Crippen LogP contribution < -0.4 is 5.32 Å². The van der Waals surface area contributed by atoms with Gasteiger partial charge in [0.15, 0.2) is 0 Å². The molecule has 0 unspecified atom stereocenters. The first kappa shape index (κ1) is 8.68. The van der Waals surface area contributed by atoms with Crippen LogP contribution in [-0.4, -0.2) is 20.2 Å². The topological polar surface area (TPSA) is 66.5 Å².